The highest BCUT2D eigenvalue weighted by Crippen LogP contribution is 2.24. The maximum atomic E-state index is 13.3. The van der Waals surface area contributed by atoms with Crippen molar-refractivity contribution in [1.29, 1.82) is 0 Å². The summed E-state index contributed by atoms with van der Waals surface area (Å²) in [5, 5.41) is 0.512. The molecule has 28 heavy (non-hydrogen) atoms. The van der Waals surface area contributed by atoms with E-state index in [0.29, 0.717) is 22.4 Å². The van der Waals surface area contributed by atoms with E-state index in [4.69, 9.17) is 28.2 Å². The van der Waals surface area contributed by atoms with Crippen molar-refractivity contribution < 1.29 is 4.79 Å². The lowest BCUT2D eigenvalue weighted by Gasteiger charge is -2.27. The fourth-order valence-corrected chi connectivity index (χ4v) is 3.37. The largest absolute Gasteiger partial charge is 0.333 e. The zero-order chi connectivity index (χ0) is 20.6. The summed E-state index contributed by atoms with van der Waals surface area (Å²) in [6.45, 7) is 5.79. The number of hydrogen-bond donors (Lipinski definition) is 0. The molecule has 0 radical (unpaired) electrons. The van der Waals surface area contributed by atoms with Crippen molar-refractivity contribution in [3.8, 4) is 5.69 Å². The molecule has 1 heterocycles. The zero-order valence-corrected chi connectivity index (χ0v) is 17.6. The molecule has 5 nitrogen and oxygen atoms in total. The lowest BCUT2D eigenvalue weighted by atomic mass is 10.1. The van der Waals surface area contributed by atoms with Gasteiger partial charge in [0.15, 0.2) is 4.84 Å². The first-order valence-corrected chi connectivity index (χ1v) is 9.73. The summed E-state index contributed by atoms with van der Waals surface area (Å²) < 4.78 is 1.56. The Morgan fingerprint density at radius 2 is 1.79 bits per heavy atom. The number of hydrogen-bond acceptors (Lipinski definition) is 3. The molecule has 0 fully saturated rings. The third-order valence-electron chi connectivity index (χ3n) is 5.04. The summed E-state index contributed by atoms with van der Waals surface area (Å²) in [7, 11) is 1.59. The molecule has 0 saturated carbocycles. The minimum Gasteiger partial charge on any atom is -0.333 e. The molecule has 3 aromatic rings. The van der Waals surface area contributed by atoms with Gasteiger partial charge in [0.05, 0.1) is 22.6 Å². The zero-order valence-electron chi connectivity index (χ0n) is 16.1. The van der Waals surface area contributed by atoms with Crippen LogP contribution in [0.3, 0.4) is 0 Å². The van der Waals surface area contributed by atoms with Gasteiger partial charge in [0.2, 0.25) is 0 Å². The van der Waals surface area contributed by atoms with Crippen molar-refractivity contribution in [2.24, 2.45) is 0 Å². The first-order valence-electron chi connectivity index (χ1n) is 8.86. The lowest BCUT2D eigenvalue weighted by Crippen LogP contribution is -2.37. The van der Waals surface area contributed by atoms with Gasteiger partial charge in [-0.05, 0) is 56.2 Å². The molecule has 0 spiro atoms. The highest BCUT2D eigenvalue weighted by atomic mass is 35.5. The number of benzene rings is 2. The number of carbonyl (C=O) groups is 1. The second-order valence-corrected chi connectivity index (χ2v) is 7.92. The van der Waals surface area contributed by atoms with E-state index < -0.39 is 16.8 Å². The number of aryl methyl sites for hydroxylation is 2. The lowest BCUT2D eigenvalue weighted by molar-refractivity contribution is -0.130. The van der Waals surface area contributed by atoms with Crippen LogP contribution in [0, 0.1) is 13.8 Å². The van der Waals surface area contributed by atoms with Gasteiger partial charge in [-0.3, -0.25) is 14.2 Å². The standard InChI is InChI=1S/C21H21Cl2N3O2/c1-12-9-10-15(11-13(12)2)26-19(14(3)25(4)21(28)18(22)23)24-17-8-6-5-7-16(17)20(26)27/h5-11,14,18H,1-4H3/t14-/m1/s1. The summed E-state index contributed by atoms with van der Waals surface area (Å²) >= 11 is 11.5. The molecule has 0 unspecified atom stereocenters. The fraction of sp³-hybridized carbons (Fsp3) is 0.286. The average Bonchev–Trinajstić information content (AvgIpc) is 2.68. The Morgan fingerprint density at radius 3 is 2.43 bits per heavy atom. The van der Waals surface area contributed by atoms with E-state index in [-0.39, 0.29) is 5.56 Å². The van der Waals surface area contributed by atoms with Gasteiger partial charge in [-0.2, -0.15) is 0 Å². The first kappa shape index (κ1) is 20.4. The minimum absolute atomic E-state index is 0.190. The molecule has 3 rings (SSSR count). The second kappa shape index (κ2) is 7.94. The van der Waals surface area contributed by atoms with Crippen LogP contribution in [0.15, 0.2) is 47.3 Å². The third kappa shape index (κ3) is 3.64. The highest BCUT2D eigenvalue weighted by molar-refractivity contribution is 6.53. The first-order chi connectivity index (χ1) is 13.2. The molecule has 2 aromatic carbocycles. The maximum absolute atomic E-state index is 13.3. The normalized spacial score (nSPS) is 12.4. The Hall–Kier alpha value is -2.37. The van der Waals surface area contributed by atoms with Crippen LogP contribution >= 0.6 is 23.2 Å². The summed E-state index contributed by atoms with van der Waals surface area (Å²) in [6.07, 6.45) is 0. The topological polar surface area (TPSA) is 55.2 Å². The van der Waals surface area contributed by atoms with E-state index in [2.05, 4.69) is 0 Å². The number of nitrogens with zero attached hydrogens (tertiary/aromatic N) is 3. The van der Waals surface area contributed by atoms with Gasteiger partial charge in [-0.1, -0.05) is 41.4 Å². The number of amides is 1. The second-order valence-electron chi connectivity index (χ2n) is 6.82. The summed E-state index contributed by atoms with van der Waals surface area (Å²) in [6, 6.07) is 12.4. The third-order valence-corrected chi connectivity index (χ3v) is 5.41. The van der Waals surface area contributed by atoms with E-state index in [1.165, 1.54) is 4.90 Å². The van der Waals surface area contributed by atoms with Crippen molar-refractivity contribution in [2.75, 3.05) is 7.05 Å². The number of halogens is 2. The predicted octanol–water partition coefficient (Wildman–Crippen LogP) is 4.33. The van der Waals surface area contributed by atoms with Gasteiger partial charge in [-0.15, -0.1) is 0 Å². The van der Waals surface area contributed by atoms with Crippen molar-refractivity contribution >= 4 is 40.0 Å². The number of rotatable bonds is 4. The van der Waals surface area contributed by atoms with Gasteiger partial charge in [0.1, 0.15) is 5.82 Å². The molecular weight excluding hydrogens is 397 g/mol. The van der Waals surface area contributed by atoms with E-state index in [0.717, 1.165) is 11.1 Å². The Balaban J connectivity index is 2.30. The average molecular weight is 418 g/mol. The Bertz CT molecular complexity index is 1110. The molecule has 1 atom stereocenters. The molecule has 1 amide bonds. The number of aromatic nitrogens is 2. The smallest absolute Gasteiger partial charge is 0.266 e. The van der Waals surface area contributed by atoms with Crippen LogP contribution in [-0.4, -0.2) is 32.2 Å². The minimum atomic E-state index is -1.19. The van der Waals surface area contributed by atoms with Crippen LogP contribution in [0.25, 0.3) is 16.6 Å². The highest BCUT2D eigenvalue weighted by Gasteiger charge is 2.27. The van der Waals surface area contributed by atoms with Crippen molar-refractivity contribution in [3.63, 3.8) is 0 Å². The van der Waals surface area contributed by atoms with Crippen molar-refractivity contribution in [1.82, 2.24) is 14.5 Å². The van der Waals surface area contributed by atoms with Gasteiger partial charge in [0.25, 0.3) is 11.5 Å². The van der Waals surface area contributed by atoms with Gasteiger partial charge < -0.3 is 4.90 Å². The van der Waals surface area contributed by atoms with E-state index in [1.807, 2.05) is 38.1 Å². The van der Waals surface area contributed by atoms with Crippen LogP contribution in [0.4, 0.5) is 0 Å². The van der Waals surface area contributed by atoms with Crippen LogP contribution in [0.1, 0.15) is 29.9 Å². The van der Waals surface area contributed by atoms with Gasteiger partial charge >= 0.3 is 0 Å². The van der Waals surface area contributed by atoms with E-state index in [9.17, 15) is 9.59 Å². The maximum Gasteiger partial charge on any atom is 0.266 e. The number of para-hydroxylation sites is 1. The molecule has 1 aromatic heterocycles. The molecular formula is C21H21Cl2N3O2. The van der Waals surface area contributed by atoms with Crippen molar-refractivity contribution in [3.05, 3.63) is 69.8 Å². The van der Waals surface area contributed by atoms with Crippen LogP contribution in [-0.2, 0) is 4.79 Å². The number of carbonyl (C=O) groups excluding carboxylic acids is 1. The molecule has 0 bridgehead atoms. The molecule has 7 heteroatoms. The monoisotopic (exact) mass is 417 g/mol. The van der Waals surface area contributed by atoms with Gasteiger partial charge in [0, 0.05) is 7.05 Å². The summed E-state index contributed by atoms with van der Waals surface area (Å²) in [4.78, 5) is 30.6. The Morgan fingerprint density at radius 1 is 1.11 bits per heavy atom. The quantitative estimate of drug-likeness (QED) is 0.593. The SMILES string of the molecule is Cc1ccc(-n2c([C@@H](C)N(C)C(=O)C(Cl)Cl)nc3ccccc3c2=O)cc1C. The molecule has 0 aliphatic carbocycles. The molecule has 0 saturated heterocycles. The van der Waals surface area contributed by atoms with Crippen LogP contribution in [0.2, 0.25) is 0 Å². The Kier molecular flexibility index (Phi) is 5.77. The van der Waals surface area contributed by atoms with E-state index in [1.54, 1.807) is 36.7 Å². The van der Waals surface area contributed by atoms with Crippen molar-refractivity contribution in [2.45, 2.75) is 31.6 Å². The van der Waals surface area contributed by atoms with Gasteiger partial charge in [-0.25, -0.2) is 4.98 Å². The Labute approximate surface area is 173 Å². The van der Waals surface area contributed by atoms with E-state index >= 15 is 0 Å². The molecule has 0 aliphatic rings. The van der Waals surface area contributed by atoms with Crippen LogP contribution < -0.4 is 5.56 Å². The molecule has 0 aliphatic heterocycles. The summed E-state index contributed by atoms with van der Waals surface area (Å²) in [5.41, 5.74) is 3.26. The number of fused-ring (bicyclic) bond motifs is 1. The predicted molar refractivity (Wildman–Crippen MR) is 113 cm³/mol. The number of alkyl halides is 2. The molecule has 0 N–H and O–H groups in total. The van der Waals surface area contributed by atoms with Crippen LogP contribution in [0.5, 0.6) is 0 Å². The fourth-order valence-electron chi connectivity index (χ4n) is 3.06. The summed E-state index contributed by atoms with van der Waals surface area (Å²) in [5.74, 6) is -0.0123. The molecule has 146 valence electrons.